The maximum Gasteiger partial charge on any atom is 0.150 e. The molecular weight excluding hydrogens is 372 g/mol. The maximum atomic E-state index is 11.1. The summed E-state index contributed by atoms with van der Waals surface area (Å²) in [7, 11) is 0. The van der Waals surface area contributed by atoms with Crippen molar-refractivity contribution in [3.05, 3.63) is 114 Å². The molecule has 0 spiro atoms. The Hall–Kier alpha value is -3.70. The Kier molecular flexibility index (Phi) is 6.32. The highest BCUT2D eigenvalue weighted by Crippen LogP contribution is 2.19. The molecule has 0 fully saturated rings. The molecule has 0 aliphatic rings. The largest absolute Gasteiger partial charge is 0.298 e. The molecule has 3 aromatic heterocycles. The lowest BCUT2D eigenvalue weighted by molar-refractivity contribution is 0.112. The number of carbonyl (C=O) groups excluding carboxylic acids is 1. The molecule has 5 heteroatoms. The van der Waals surface area contributed by atoms with Gasteiger partial charge in [0.15, 0.2) is 0 Å². The van der Waals surface area contributed by atoms with Gasteiger partial charge in [-0.1, -0.05) is 36.4 Å². The summed E-state index contributed by atoms with van der Waals surface area (Å²) in [5, 5.41) is 0. The van der Waals surface area contributed by atoms with Crippen LogP contribution in [0.15, 0.2) is 91.3 Å². The predicted octanol–water partition coefficient (Wildman–Crippen LogP) is 4.55. The average Bonchev–Trinajstić information content (AvgIpc) is 2.80. The molecule has 3 heterocycles. The first-order valence-electron chi connectivity index (χ1n) is 9.84. The van der Waals surface area contributed by atoms with E-state index in [4.69, 9.17) is 4.98 Å². The van der Waals surface area contributed by atoms with Crippen LogP contribution in [0.1, 0.15) is 27.4 Å². The van der Waals surface area contributed by atoms with E-state index >= 15 is 0 Å². The number of hydrogen-bond acceptors (Lipinski definition) is 5. The summed E-state index contributed by atoms with van der Waals surface area (Å²) >= 11 is 0. The van der Waals surface area contributed by atoms with Gasteiger partial charge in [0.2, 0.25) is 0 Å². The number of benzene rings is 1. The third kappa shape index (κ3) is 5.21. The number of carbonyl (C=O) groups is 1. The summed E-state index contributed by atoms with van der Waals surface area (Å²) in [4.78, 5) is 27.2. The molecule has 0 amide bonds. The zero-order valence-corrected chi connectivity index (χ0v) is 16.6. The number of pyridine rings is 3. The van der Waals surface area contributed by atoms with Crippen LogP contribution in [0.4, 0.5) is 0 Å². The third-order valence-corrected chi connectivity index (χ3v) is 4.73. The van der Waals surface area contributed by atoms with E-state index in [2.05, 4.69) is 14.9 Å². The molecule has 4 aromatic rings. The van der Waals surface area contributed by atoms with E-state index < -0.39 is 0 Å². The molecule has 148 valence electrons. The smallest absolute Gasteiger partial charge is 0.150 e. The summed E-state index contributed by atoms with van der Waals surface area (Å²) < 4.78 is 0. The zero-order valence-electron chi connectivity index (χ0n) is 16.6. The minimum absolute atomic E-state index is 0.645. The van der Waals surface area contributed by atoms with Gasteiger partial charge in [-0.3, -0.25) is 24.6 Å². The van der Waals surface area contributed by atoms with E-state index in [9.17, 15) is 4.79 Å². The summed E-state index contributed by atoms with van der Waals surface area (Å²) in [5.74, 6) is 0. The molecule has 0 unspecified atom stereocenters. The van der Waals surface area contributed by atoms with Crippen LogP contribution in [0, 0.1) is 0 Å². The third-order valence-electron chi connectivity index (χ3n) is 4.73. The van der Waals surface area contributed by atoms with Gasteiger partial charge >= 0.3 is 0 Å². The Labute approximate surface area is 176 Å². The predicted molar refractivity (Wildman–Crippen MR) is 116 cm³/mol. The first-order chi connectivity index (χ1) is 14.8. The summed E-state index contributed by atoms with van der Waals surface area (Å²) in [6.07, 6.45) is 4.48. The highest BCUT2D eigenvalue weighted by atomic mass is 16.1. The fourth-order valence-corrected chi connectivity index (χ4v) is 3.34. The van der Waals surface area contributed by atoms with Gasteiger partial charge in [0, 0.05) is 43.2 Å². The van der Waals surface area contributed by atoms with Gasteiger partial charge in [0.1, 0.15) is 6.29 Å². The first kappa shape index (κ1) is 19.6. The van der Waals surface area contributed by atoms with Crippen LogP contribution in [0.3, 0.4) is 0 Å². The molecule has 0 atom stereocenters. The normalized spacial score (nSPS) is 10.8. The van der Waals surface area contributed by atoms with Crippen molar-refractivity contribution in [2.45, 2.75) is 19.6 Å². The van der Waals surface area contributed by atoms with Crippen LogP contribution in [0.5, 0.6) is 0 Å². The van der Waals surface area contributed by atoms with Gasteiger partial charge in [-0.05, 0) is 42.5 Å². The standard InChI is InChI=1S/C25H22N4O/c30-19-20-7-5-8-21(15-20)25-12-6-11-24(28-25)18-29(16-22-9-1-3-13-26-22)17-23-10-2-4-14-27-23/h1-15,19H,16-18H2. The van der Waals surface area contributed by atoms with Crippen LogP contribution in [-0.4, -0.2) is 26.1 Å². The van der Waals surface area contributed by atoms with Crippen molar-refractivity contribution >= 4 is 6.29 Å². The molecule has 0 N–H and O–H groups in total. The van der Waals surface area contributed by atoms with Crippen LogP contribution < -0.4 is 0 Å². The maximum absolute atomic E-state index is 11.1. The van der Waals surface area contributed by atoms with Gasteiger partial charge in [0.05, 0.1) is 22.8 Å². The second-order valence-corrected chi connectivity index (χ2v) is 7.04. The second kappa shape index (κ2) is 9.67. The summed E-state index contributed by atoms with van der Waals surface area (Å²) in [5.41, 5.74) is 5.39. The molecule has 0 aliphatic heterocycles. The summed E-state index contributed by atoms with van der Waals surface area (Å²) in [6, 6.07) is 25.4. The van der Waals surface area contributed by atoms with Gasteiger partial charge in [0.25, 0.3) is 0 Å². The number of aromatic nitrogens is 3. The van der Waals surface area contributed by atoms with E-state index in [1.807, 2.05) is 85.2 Å². The molecule has 0 aliphatic carbocycles. The number of aldehydes is 1. The van der Waals surface area contributed by atoms with Crippen molar-refractivity contribution in [1.29, 1.82) is 0 Å². The van der Waals surface area contributed by atoms with Crippen molar-refractivity contribution in [2.24, 2.45) is 0 Å². The lowest BCUT2D eigenvalue weighted by Gasteiger charge is -2.21. The second-order valence-electron chi connectivity index (χ2n) is 7.04. The van der Waals surface area contributed by atoms with Gasteiger partial charge in [-0.2, -0.15) is 0 Å². The van der Waals surface area contributed by atoms with Crippen molar-refractivity contribution < 1.29 is 4.79 Å². The van der Waals surface area contributed by atoms with Crippen LogP contribution in [0.25, 0.3) is 11.3 Å². The van der Waals surface area contributed by atoms with Crippen molar-refractivity contribution in [3.8, 4) is 11.3 Å². The van der Waals surface area contributed by atoms with Gasteiger partial charge < -0.3 is 0 Å². The first-order valence-corrected chi connectivity index (χ1v) is 9.84. The Morgan fingerprint density at radius 3 is 1.97 bits per heavy atom. The molecule has 0 bridgehead atoms. The van der Waals surface area contributed by atoms with E-state index in [1.54, 1.807) is 6.07 Å². The molecule has 0 saturated carbocycles. The SMILES string of the molecule is O=Cc1cccc(-c2cccc(CN(Cc3ccccn3)Cc3ccccn3)n2)c1. The molecule has 0 saturated heterocycles. The highest BCUT2D eigenvalue weighted by Gasteiger charge is 2.11. The van der Waals surface area contributed by atoms with Crippen molar-refractivity contribution in [3.63, 3.8) is 0 Å². The van der Waals surface area contributed by atoms with Crippen LogP contribution in [-0.2, 0) is 19.6 Å². The number of nitrogens with zero attached hydrogens (tertiary/aromatic N) is 4. The Bertz CT molecular complexity index is 1060. The molecule has 1 aromatic carbocycles. The monoisotopic (exact) mass is 394 g/mol. The van der Waals surface area contributed by atoms with E-state index in [-0.39, 0.29) is 0 Å². The lowest BCUT2D eigenvalue weighted by Crippen LogP contribution is -2.24. The zero-order chi connectivity index (χ0) is 20.6. The molecule has 30 heavy (non-hydrogen) atoms. The number of hydrogen-bond donors (Lipinski definition) is 0. The average molecular weight is 394 g/mol. The van der Waals surface area contributed by atoms with Crippen molar-refractivity contribution in [1.82, 2.24) is 19.9 Å². The molecule has 5 nitrogen and oxygen atoms in total. The molecule has 4 rings (SSSR count). The fourth-order valence-electron chi connectivity index (χ4n) is 3.34. The van der Waals surface area contributed by atoms with Crippen LogP contribution >= 0.6 is 0 Å². The van der Waals surface area contributed by atoms with Gasteiger partial charge in [-0.25, -0.2) is 0 Å². The highest BCUT2D eigenvalue weighted by molar-refractivity contribution is 5.78. The minimum atomic E-state index is 0.645. The molecular formula is C25H22N4O. The summed E-state index contributed by atoms with van der Waals surface area (Å²) in [6.45, 7) is 2.06. The Balaban J connectivity index is 1.58. The van der Waals surface area contributed by atoms with Crippen LogP contribution in [0.2, 0.25) is 0 Å². The van der Waals surface area contributed by atoms with E-state index in [1.165, 1.54) is 0 Å². The Morgan fingerprint density at radius 2 is 1.33 bits per heavy atom. The molecule has 0 radical (unpaired) electrons. The minimum Gasteiger partial charge on any atom is -0.298 e. The van der Waals surface area contributed by atoms with E-state index in [0.29, 0.717) is 25.2 Å². The quantitative estimate of drug-likeness (QED) is 0.410. The number of rotatable bonds is 8. The van der Waals surface area contributed by atoms with E-state index in [0.717, 1.165) is 34.6 Å². The Morgan fingerprint density at radius 1 is 0.700 bits per heavy atom. The topological polar surface area (TPSA) is 59.0 Å². The van der Waals surface area contributed by atoms with Crippen molar-refractivity contribution in [2.75, 3.05) is 0 Å². The van der Waals surface area contributed by atoms with Gasteiger partial charge in [-0.15, -0.1) is 0 Å². The lowest BCUT2D eigenvalue weighted by atomic mass is 10.1. The fraction of sp³-hybridized carbons (Fsp3) is 0.120.